The van der Waals surface area contributed by atoms with Gasteiger partial charge in [-0.3, -0.25) is 10.2 Å². The number of nitrogens with zero attached hydrogens (tertiary/aromatic N) is 1. The van der Waals surface area contributed by atoms with Crippen molar-refractivity contribution in [3.8, 4) is 11.8 Å². The van der Waals surface area contributed by atoms with Crippen LogP contribution in [-0.4, -0.2) is 20.9 Å². The minimum Gasteiger partial charge on any atom is -0.483 e. The van der Waals surface area contributed by atoms with E-state index in [1.165, 1.54) is 24.3 Å². The SMILES string of the molecule is Cc1ccc(C)c(OCC(=O)NNS(=O)(=O)c2cccc(C#N)c2)c1. The lowest BCUT2D eigenvalue weighted by Gasteiger charge is -2.11. The van der Waals surface area contributed by atoms with Gasteiger partial charge < -0.3 is 4.74 Å². The standard InChI is InChI=1S/C17H17N3O4S/c1-12-6-7-13(2)16(8-12)24-11-17(21)19-20-25(22,23)15-5-3-4-14(9-15)10-18/h3-9,20H,11H2,1-2H3,(H,19,21). The van der Waals surface area contributed by atoms with Gasteiger partial charge in [-0.2, -0.15) is 5.26 Å². The van der Waals surface area contributed by atoms with Crippen molar-refractivity contribution < 1.29 is 17.9 Å². The summed E-state index contributed by atoms with van der Waals surface area (Å²) in [6.45, 7) is 3.40. The predicted octanol–water partition coefficient (Wildman–Crippen LogP) is 1.56. The van der Waals surface area contributed by atoms with Crippen LogP contribution in [0.5, 0.6) is 5.75 Å². The second-order valence-corrected chi connectivity index (χ2v) is 7.03. The summed E-state index contributed by atoms with van der Waals surface area (Å²) < 4.78 is 29.6. The highest BCUT2D eigenvalue weighted by Gasteiger charge is 2.16. The van der Waals surface area contributed by atoms with E-state index in [2.05, 4.69) is 5.43 Å². The van der Waals surface area contributed by atoms with E-state index in [4.69, 9.17) is 10.00 Å². The molecule has 2 rings (SSSR count). The lowest BCUT2D eigenvalue weighted by molar-refractivity contribution is -0.123. The van der Waals surface area contributed by atoms with Crippen molar-refractivity contribution >= 4 is 15.9 Å². The van der Waals surface area contributed by atoms with E-state index in [0.717, 1.165) is 11.1 Å². The fourth-order valence-electron chi connectivity index (χ4n) is 1.96. The summed E-state index contributed by atoms with van der Waals surface area (Å²) in [5.41, 5.74) is 4.13. The molecule has 0 fully saturated rings. The number of ether oxygens (including phenoxy) is 1. The third-order valence-corrected chi connectivity index (χ3v) is 4.55. The predicted molar refractivity (Wildman–Crippen MR) is 91.0 cm³/mol. The Balaban J connectivity index is 1.95. The van der Waals surface area contributed by atoms with Gasteiger partial charge in [0, 0.05) is 0 Å². The third kappa shape index (κ3) is 5.04. The van der Waals surface area contributed by atoms with Gasteiger partial charge in [-0.05, 0) is 49.2 Å². The van der Waals surface area contributed by atoms with E-state index in [1.807, 2.05) is 36.9 Å². The molecule has 0 bridgehead atoms. The van der Waals surface area contributed by atoms with Crippen LogP contribution in [0.4, 0.5) is 0 Å². The fourth-order valence-corrected chi connectivity index (χ4v) is 2.86. The Morgan fingerprint density at radius 1 is 1.20 bits per heavy atom. The van der Waals surface area contributed by atoms with Crippen LogP contribution in [0.15, 0.2) is 47.4 Å². The van der Waals surface area contributed by atoms with Crippen LogP contribution in [0.3, 0.4) is 0 Å². The minimum absolute atomic E-state index is 0.123. The number of rotatable bonds is 6. The lowest BCUT2D eigenvalue weighted by atomic mass is 10.1. The number of carbonyl (C=O) groups is 1. The van der Waals surface area contributed by atoms with Gasteiger partial charge in [0.2, 0.25) is 0 Å². The van der Waals surface area contributed by atoms with Crippen LogP contribution in [0.2, 0.25) is 0 Å². The zero-order valence-electron chi connectivity index (χ0n) is 13.7. The maximum atomic E-state index is 12.1. The molecular weight excluding hydrogens is 342 g/mol. The van der Waals surface area contributed by atoms with E-state index in [-0.39, 0.29) is 17.1 Å². The molecule has 8 heteroatoms. The van der Waals surface area contributed by atoms with Gasteiger partial charge in [-0.25, -0.2) is 8.42 Å². The first-order valence-electron chi connectivity index (χ1n) is 7.33. The van der Waals surface area contributed by atoms with Crippen LogP contribution in [0, 0.1) is 25.2 Å². The first kappa shape index (κ1) is 18.4. The smallest absolute Gasteiger partial charge is 0.272 e. The fraction of sp³-hybridized carbons (Fsp3) is 0.176. The average molecular weight is 359 g/mol. The second kappa shape index (κ2) is 7.79. The number of carbonyl (C=O) groups excluding carboxylic acids is 1. The first-order chi connectivity index (χ1) is 11.8. The van der Waals surface area contributed by atoms with E-state index in [1.54, 1.807) is 6.07 Å². The third-order valence-electron chi connectivity index (χ3n) is 3.30. The number of nitriles is 1. The quantitative estimate of drug-likeness (QED) is 0.761. The Labute approximate surface area is 146 Å². The molecule has 0 saturated heterocycles. The van der Waals surface area contributed by atoms with Crippen LogP contribution >= 0.6 is 0 Å². The minimum atomic E-state index is -3.97. The maximum Gasteiger partial charge on any atom is 0.272 e. The van der Waals surface area contributed by atoms with Crippen LogP contribution in [0.1, 0.15) is 16.7 Å². The Morgan fingerprint density at radius 3 is 2.68 bits per heavy atom. The van der Waals surface area contributed by atoms with Gasteiger partial charge in [0.15, 0.2) is 6.61 Å². The number of nitrogens with one attached hydrogen (secondary N) is 2. The van der Waals surface area contributed by atoms with Crippen molar-refractivity contribution in [1.29, 1.82) is 5.26 Å². The molecule has 2 N–H and O–H groups in total. The summed E-state index contributed by atoms with van der Waals surface area (Å²) in [7, 11) is -3.97. The number of aryl methyl sites for hydroxylation is 2. The van der Waals surface area contributed by atoms with Crippen molar-refractivity contribution in [2.24, 2.45) is 0 Å². The molecule has 0 aromatic heterocycles. The highest BCUT2D eigenvalue weighted by Crippen LogP contribution is 2.18. The van der Waals surface area contributed by atoms with E-state index in [0.29, 0.717) is 5.75 Å². The highest BCUT2D eigenvalue weighted by molar-refractivity contribution is 7.89. The van der Waals surface area contributed by atoms with Crippen LogP contribution in [-0.2, 0) is 14.8 Å². The molecule has 0 aliphatic heterocycles. The highest BCUT2D eigenvalue weighted by atomic mass is 32.2. The van der Waals surface area contributed by atoms with Crippen LogP contribution < -0.4 is 15.0 Å². The van der Waals surface area contributed by atoms with Crippen LogP contribution in [0.25, 0.3) is 0 Å². The normalized spacial score (nSPS) is 10.8. The zero-order valence-corrected chi connectivity index (χ0v) is 14.6. The number of sulfonamides is 1. The largest absolute Gasteiger partial charge is 0.483 e. The molecule has 1 amide bonds. The molecule has 0 heterocycles. The summed E-state index contributed by atoms with van der Waals surface area (Å²) in [5, 5.41) is 8.81. The van der Waals surface area contributed by atoms with Crippen molar-refractivity contribution in [2.45, 2.75) is 18.7 Å². The summed E-state index contributed by atoms with van der Waals surface area (Å²) in [4.78, 5) is 13.6. The number of hydrogen-bond donors (Lipinski definition) is 2. The maximum absolute atomic E-state index is 12.1. The summed E-state index contributed by atoms with van der Waals surface area (Å²) in [6, 6.07) is 12.9. The summed E-state index contributed by atoms with van der Waals surface area (Å²) in [6.07, 6.45) is 0. The van der Waals surface area contributed by atoms with Gasteiger partial charge in [-0.15, -0.1) is 4.83 Å². The topological polar surface area (TPSA) is 108 Å². The molecule has 0 aliphatic rings. The lowest BCUT2D eigenvalue weighted by Crippen LogP contribution is -2.43. The number of hydrogen-bond acceptors (Lipinski definition) is 5. The Kier molecular flexibility index (Phi) is 5.75. The molecule has 130 valence electrons. The van der Waals surface area contributed by atoms with Gasteiger partial charge >= 0.3 is 0 Å². The van der Waals surface area contributed by atoms with E-state index in [9.17, 15) is 13.2 Å². The zero-order chi connectivity index (χ0) is 18.4. The molecule has 0 unspecified atom stereocenters. The molecule has 7 nitrogen and oxygen atoms in total. The molecule has 25 heavy (non-hydrogen) atoms. The Morgan fingerprint density at radius 2 is 1.96 bits per heavy atom. The first-order valence-corrected chi connectivity index (χ1v) is 8.81. The molecular formula is C17H17N3O4S. The summed E-state index contributed by atoms with van der Waals surface area (Å²) in [5.74, 6) is -0.0966. The Bertz CT molecular complexity index is 933. The van der Waals surface area contributed by atoms with Gasteiger partial charge in [-0.1, -0.05) is 18.2 Å². The van der Waals surface area contributed by atoms with Crippen molar-refractivity contribution in [3.63, 3.8) is 0 Å². The number of benzene rings is 2. The van der Waals surface area contributed by atoms with E-state index < -0.39 is 15.9 Å². The molecule has 0 aliphatic carbocycles. The van der Waals surface area contributed by atoms with Crippen molar-refractivity contribution in [2.75, 3.05) is 6.61 Å². The monoisotopic (exact) mass is 359 g/mol. The van der Waals surface area contributed by atoms with Gasteiger partial charge in [0.1, 0.15) is 5.75 Å². The van der Waals surface area contributed by atoms with Crippen molar-refractivity contribution in [1.82, 2.24) is 10.3 Å². The molecule has 0 atom stereocenters. The molecule has 0 spiro atoms. The average Bonchev–Trinajstić information content (AvgIpc) is 2.61. The van der Waals surface area contributed by atoms with Crippen molar-refractivity contribution in [3.05, 3.63) is 59.2 Å². The molecule has 2 aromatic carbocycles. The summed E-state index contributed by atoms with van der Waals surface area (Å²) >= 11 is 0. The number of amides is 1. The van der Waals surface area contributed by atoms with Gasteiger partial charge in [0.05, 0.1) is 16.5 Å². The molecule has 0 saturated carbocycles. The second-order valence-electron chi connectivity index (χ2n) is 5.35. The molecule has 2 aromatic rings. The molecule has 0 radical (unpaired) electrons. The number of hydrazine groups is 1. The van der Waals surface area contributed by atoms with Gasteiger partial charge in [0.25, 0.3) is 15.9 Å². The Hall–Kier alpha value is -2.89. The van der Waals surface area contributed by atoms with E-state index >= 15 is 0 Å².